The molecule has 0 amide bonds. The van der Waals surface area contributed by atoms with Gasteiger partial charge in [-0.25, -0.2) is 13.8 Å². The van der Waals surface area contributed by atoms with E-state index >= 15 is 0 Å². The lowest BCUT2D eigenvalue weighted by Crippen LogP contribution is -2.63. The maximum absolute atomic E-state index is 13.3. The maximum Gasteiger partial charge on any atom is 0.333 e. The lowest BCUT2D eigenvalue weighted by atomic mass is 10.0. The molecule has 30 heavy (non-hydrogen) atoms. The Kier molecular flexibility index (Phi) is 5.20. The van der Waals surface area contributed by atoms with E-state index in [9.17, 15) is 9.59 Å². The Morgan fingerprint density at radius 2 is 1.93 bits per heavy atom. The highest BCUT2D eigenvalue weighted by Crippen LogP contribution is 2.41. The molecule has 0 radical (unpaired) electrons. The fraction of sp³-hybridized carbons (Fsp3) is 0.348. The molecule has 1 aromatic carbocycles. The number of hydrogen-bond acceptors (Lipinski definition) is 4. The van der Waals surface area contributed by atoms with E-state index in [4.69, 9.17) is 11.2 Å². The van der Waals surface area contributed by atoms with Crippen LogP contribution in [0.4, 0.5) is 11.5 Å². The summed E-state index contributed by atoms with van der Waals surface area (Å²) in [7, 11) is 5.07. The van der Waals surface area contributed by atoms with Crippen LogP contribution in [0.5, 0.6) is 5.75 Å². The van der Waals surface area contributed by atoms with Gasteiger partial charge in [0.1, 0.15) is 11.3 Å². The first kappa shape index (κ1) is 21.2. The van der Waals surface area contributed by atoms with Crippen molar-refractivity contribution < 1.29 is 4.74 Å². The highest BCUT2D eigenvalue weighted by atomic mass is 16.5. The molecule has 1 aliphatic heterocycles. The highest BCUT2D eigenvalue weighted by Gasteiger charge is 2.52. The first-order chi connectivity index (χ1) is 14.1. The number of nitrogens with zero attached hydrogens (tertiary/aromatic N) is 4. The van der Waals surface area contributed by atoms with Crippen molar-refractivity contribution in [1.82, 2.24) is 13.6 Å². The van der Waals surface area contributed by atoms with Crippen LogP contribution < -0.4 is 20.5 Å². The third-order valence-corrected chi connectivity index (χ3v) is 5.56. The average Bonchev–Trinajstić information content (AvgIpc) is 3.02. The van der Waals surface area contributed by atoms with Crippen molar-refractivity contribution in [3.05, 3.63) is 50.7 Å². The van der Waals surface area contributed by atoms with Gasteiger partial charge < -0.3 is 4.74 Å². The number of methoxy groups -OCH3 is 1. The second-order valence-corrected chi connectivity index (χ2v) is 8.20. The summed E-state index contributed by atoms with van der Waals surface area (Å²) in [6, 6.07) is 7.39. The number of hydrogen-bond donors (Lipinski definition) is 0. The van der Waals surface area contributed by atoms with E-state index in [-0.39, 0.29) is 11.0 Å². The van der Waals surface area contributed by atoms with Crippen LogP contribution in [-0.4, -0.2) is 34.7 Å². The number of amidine groups is 1. The van der Waals surface area contributed by atoms with Crippen molar-refractivity contribution >= 4 is 17.3 Å². The summed E-state index contributed by atoms with van der Waals surface area (Å²) in [6.45, 7) is 5.90. The zero-order chi connectivity index (χ0) is 22.3. The van der Waals surface area contributed by atoms with Crippen molar-refractivity contribution in [2.45, 2.75) is 32.9 Å². The molecule has 7 heteroatoms. The number of quaternary nitrogens is 1. The second kappa shape index (κ2) is 7.37. The van der Waals surface area contributed by atoms with Gasteiger partial charge in [0.05, 0.1) is 20.7 Å². The number of ether oxygens (including phenoxy) is 1. The lowest BCUT2D eigenvalue weighted by molar-refractivity contribution is 0.283. The van der Waals surface area contributed by atoms with E-state index < -0.39 is 16.8 Å². The summed E-state index contributed by atoms with van der Waals surface area (Å²) in [5.74, 6) is 10.1. The van der Waals surface area contributed by atoms with Crippen molar-refractivity contribution in [3.8, 4) is 29.9 Å². The van der Waals surface area contributed by atoms with Gasteiger partial charge >= 0.3 is 11.2 Å². The molecule has 0 fully saturated rings. The molecule has 7 nitrogen and oxygen atoms in total. The zero-order valence-electron chi connectivity index (χ0n) is 18.1. The molecule has 0 saturated heterocycles. The van der Waals surface area contributed by atoms with Gasteiger partial charge in [0, 0.05) is 18.5 Å². The molecular formula is C23H25N4O3+. The van der Waals surface area contributed by atoms with E-state index in [1.807, 2.05) is 52.1 Å². The Bertz CT molecular complexity index is 1270. The van der Waals surface area contributed by atoms with E-state index in [1.54, 1.807) is 14.2 Å². The minimum atomic E-state index is -0.497. The summed E-state index contributed by atoms with van der Waals surface area (Å²) >= 11 is 0. The normalized spacial score (nSPS) is 17.4. The number of aliphatic imine (C=N–C) groups is 1. The monoisotopic (exact) mass is 405 g/mol. The maximum atomic E-state index is 13.3. The Hall–Kier alpha value is -3.55. The molecule has 0 saturated carbocycles. The molecule has 0 bridgehead atoms. The van der Waals surface area contributed by atoms with Gasteiger partial charge in [-0.3, -0.25) is 9.36 Å². The third-order valence-electron chi connectivity index (χ3n) is 5.56. The predicted octanol–water partition coefficient (Wildman–Crippen LogP) is 2.02. The van der Waals surface area contributed by atoms with Crippen molar-refractivity contribution in [2.24, 2.45) is 12.0 Å². The molecule has 0 spiro atoms. The molecule has 2 heterocycles. The van der Waals surface area contributed by atoms with Crippen LogP contribution in [0.1, 0.15) is 26.3 Å². The van der Waals surface area contributed by atoms with Crippen molar-refractivity contribution in [3.63, 3.8) is 0 Å². The number of fused-ring (bicyclic) bond motifs is 1. The summed E-state index contributed by atoms with van der Waals surface area (Å²) in [5, 5.41) is 0. The first-order valence-corrected chi connectivity index (χ1v) is 9.46. The number of benzene rings is 1. The molecule has 0 N–H and O–H groups in total. The minimum Gasteiger partial charge on any atom is -0.497 e. The summed E-state index contributed by atoms with van der Waals surface area (Å²) in [5.41, 5.74) is -0.257. The molecule has 2 aromatic rings. The van der Waals surface area contributed by atoms with Crippen LogP contribution >= 0.6 is 0 Å². The lowest BCUT2D eigenvalue weighted by Gasteiger charge is -2.40. The average molecular weight is 405 g/mol. The van der Waals surface area contributed by atoms with Crippen molar-refractivity contribution in [1.29, 1.82) is 0 Å². The summed E-state index contributed by atoms with van der Waals surface area (Å²) in [4.78, 5) is 30.6. The van der Waals surface area contributed by atoms with Gasteiger partial charge in [0.2, 0.25) is 11.5 Å². The van der Waals surface area contributed by atoms with Gasteiger partial charge in [-0.05, 0) is 39.0 Å². The van der Waals surface area contributed by atoms with Crippen LogP contribution in [0, 0.1) is 24.2 Å². The van der Waals surface area contributed by atoms with Crippen LogP contribution in [0.15, 0.2) is 38.8 Å². The Labute approximate surface area is 175 Å². The van der Waals surface area contributed by atoms with Gasteiger partial charge in [-0.2, -0.15) is 4.99 Å². The van der Waals surface area contributed by atoms with Gasteiger partial charge in [0.25, 0.3) is 5.84 Å². The molecule has 1 aromatic heterocycles. The Morgan fingerprint density at radius 3 is 2.53 bits per heavy atom. The fourth-order valence-corrected chi connectivity index (χ4v) is 3.42. The molecule has 0 aliphatic carbocycles. The molecular weight excluding hydrogens is 380 g/mol. The molecule has 154 valence electrons. The summed E-state index contributed by atoms with van der Waals surface area (Å²) in [6.07, 6.45) is 5.39. The Morgan fingerprint density at radius 1 is 1.23 bits per heavy atom. The zero-order valence-corrected chi connectivity index (χ0v) is 18.1. The quantitative estimate of drug-likeness (QED) is 0.567. The Balaban J connectivity index is 2.28. The van der Waals surface area contributed by atoms with Crippen molar-refractivity contribution in [2.75, 3.05) is 14.2 Å². The molecule has 3 rings (SSSR count). The molecule has 1 unspecified atom stereocenters. The van der Waals surface area contributed by atoms with Crippen LogP contribution in [0.2, 0.25) is 0 Å². The van der Waals surface area contributed by atoms with E-state index in [0.717, 1.165) is 10.1 Å². The number of aromatic nitrogens is 2. The number of rotatable bonds is 2. The molecule has 1 atom stereocenters. The number of terminal acetylenes is 1. The predicted molar refractivity (Wildman–Crippen MR) is 119 cm³/mol. The SMILES string of the molecule is C#CCn1c(=O)c2c(n(C)c1=O)N=C(C#Cc1cccc(OC)c1)[N+]2(C)C(C)(C)C. The van der Waals surface area contributed by atoms with Crippen LogP contribution in [0.25, 0.3) is 0 Å². The van der Waals surface area contributed by atoms with Gasteiger partial charge in [0.15, 0.2) is 0 Å². The van der Waals surface area contributed by atoms with Crippen LogP contribution in [0.3, 0.4) is 0 Å². The second-order valence-electron chi connectivity index (χ2n) is 8.20. The first-order valence-electron chi connectivity index (χ1n) is 9.46. The van der Waals surface area contributed by atoms with E-state index in [1.165, 1.54) is 4.57 Å². The third kappa shape index (κ3) is 3.14. The minimum absolute atomic E-state index is 0.0524. The fourth-order valence-electron chi connectivity index (χ4n) is 3.42. The van der Waals surface area contributed by atoms with E-state index in [0.29, 0.717) is 23.1 Å². The van der Waals surface area contributed by atoms with Gasteiger partial charge in [-0.1, -0.05) is 17.9 Å². The largest absolute Gasteiger partial charge is 0.497 e. The highest BCUT2D eigenvalue weighted by molar-refractivity contribution is 6.12. The van der Waals surface area contributed by atoms with Gasteiger partial charge in [-0.15, -0.1) is 6.42 Å². The molecule has 1 aliphatic rings. The summed E-state index contributed by atoms with van der Waals surface area (Å²) < 4.78 is 7.73. The standard InChI is InChI=1S/C23H25N4O3/c1-8-14-26-21(28)19-20(25(5)22(26)29)24-18(27(19,6)23(2,3)4)13-12-16-10-9-11-17(15-16)30-7/h1,9-11,15H,14H2,2-7H3/q+1. The van der Waals surface area contributed by atoms with Crippen LogP contribution in [-0.2, 0) is 13.6 Å². The van der Waals surface area contributed by atoms with E-state index in [2.05, 4.69) is 22.8 Å². The smallest absolute Gasteiger partial charge is 0.333 e. The topological polar surface area (TPSA) is 65.6 Å².